The molecule has 1 rings (SSSR count). The number of alkyl halides is 2. The van der Waals surface area contributed by atoms with Gasteiger partial charge in [-0.15, -0.1) is 0 Å². The summed E-state index contributed by atoms with van der Waals surface area (Å²) in [4.78, 5) is 0. The van der Waals surface area contributed by atoms with E-state index in [0.717, 1.165) is 5.56 Å². The van der Waals surface area contributed by atoms with Crippen LogP contribution in [0.5, 0.6) is 5.75 Å². The molecule has 0 fully saturated rings. The minimum absolute atomic E-state index is 0.124. The van der Waals surface area contributed by atoms with Crippen LogP contribution in [0, 0.1) is 5.41 Å². The molecule has 1 unspecified atom stereocenters. The standard InChI is InChI=1S/C14H21F2NO/c1-10(14(2,3)4)17-9-11-7-5-6-8-12(11)18-13(15)16/h5-8,10,13,17H,9H2,1-4H3. The lowest BCUT2D eigenvalue weighted by atomic mass is 9.88. The van der Waals surface area contributed by atoms with Gasteiger partial charge in [-0.2, -0.15) is 8.78 Å². The van der Waals surface area contributed by atoms with Crippen LogP contribution in [0.15, 0.2) is 24.3 Å². The molecule has 0 aliphatic rings. The van der Waals surface area contributed by atoms with Crippen molar-refractivity contribution in [2.45, 2.75) is 46.9 Å². The molecule has 0 aliphatic heterocycles. The zero-order valence-corrected chi connectivity index (χ0v) is 11.3. The topological polar surface area (TPSA) is 21.3 Å². The monoisotopic (exact) mass is 257 g/mol. The average Bonchev–Trinajstić information content (AvgIpc) is 2.25. The van der Waals surface area contributed by atoms with Crippen LogP contribution < -0.4 is 10.1 Å². The van der Waals surface area contributed by atoms with Gasteiger partial charge < -0.3 is 10.1 Å². The lowest BCUT2D eigenvalue weighted by Gasteiger charge is -2.28. The Hall–Kier alpha value is -1.16. The molecule has 1 N–H and O–H groups in total. The highest BCUT2D eigenvalue weighted by atomic mass is 19.3. The van der Waals surface area contributed by atoms with Crippen LogP contribution in [0.25, 0.3) is 0 Å². The van der Waals surface area contributed by atoms with Gasteiger partial charge in [0, 0.05) is 18.2 Å². The second-order valence-corrected chi connectivity index (χ2v) is 5.45. The smallest absolute Gasteiger partial charge is 0.387 e. The normalized spacial score (nSPS) is 13.7. The van der Waals surface area contributed by atoms with Gasteiger partial charge >= 0.3 is 6.61 Å². The molecular weight excluding hydrogens is 236 g/mol. The van der Waals surface area contributed by atoms with Crippen molar-refractivity contribution in [3.63, 3.8) is 0 Å². The lowest BCUT2D eigenvalue weighted by Crippen LogP contribution is -2.37. The lowest BCUT2D eigenvalue weighted by molar-refractivity contribution is -0.0505. The summed E-state index contributed by atoms with van der Waals surface area (Å²) in [5.41, 5.74) is 0.868. The van der Waals surface area contributed by atoms with Crippen LogP contribution in [0.3, 0.4) is 0 Å². The Bertz CT molecular complexity index is 374. The number of nitrogens with one attached hydrogen (secondary N) is 1. The Morgan fingerprint density at radius 2 is 1.83 bits per heavy atom. The van der Waals surface area contributed by atoms with E-state index in [0.29, 0.717) is 6.54 Å². The van der Waals surface area contributed by atoms with Crippen LogP contribution in [0.1, 0.15) is 33.3 Å². The molecule has 0 radical (unpaired) electrons. The molecule has 0 spiro atoms. The van der Waals surface area contributed by atoms with Crippen molar-refractivity contribution >= 4 is 0 Å². The van der Waals surface area contributed by atoms with Crippen LogP contribution in [0.2, 0.25) is 0 Å². The molecule has 0 saturated heterocycles. The number of benzene rings is 1. The summed E-state index contributed by atoms with van der Waals surface area (Å²) in [5, 5.41) is 3.33. The third-order valence-corrected chi connectivity index (χ3v) is 3.09. The molecule has 102 valence electrons. The SMILES string of the molecule is CC(NCc1ccccc1OC(F)F)C(C)(C)C. The van der Waals surface area contributed by atoms with Crippen molar-refractivity contribution in [3.8, 4) is 5.75 Å². The van der Waals surface area contributed by atoms with Gasteiger partial charge in [0.15, 0.2) is 0 Å². The quantitative estimate of drug-likeness (QED) is 0.866. The Kier molecular flexibility index (Phi) is 5.08. The predicted molar refractivity (Wildman–Crippen MR) is 68.8 cm³/mol. The van der Waals surface area contributed by atoms with E-state index in [1.807, 2.05) is 6.07 Å². The molecule has 1 atom stereocenters. The van der Waals surface area contributed by atoms with Crippen molar-refractivity contribution in [1.82, 2.24) is 5.32 Å². The first kappa shape index (κ1) is 14.9. The average molecular weight is 257 g/mol. The van der Waals surface area contributed by atoms with Gasteiger partial charge in [-0.25, -0.2) is 0 Å². The Balaban J connectivity index is 2.67. The number of hydrogen-bond acceptors (Lipinski definition) is 2. The summed E-state index contributed by atoms with van der Waals surface area (Å²) in [6.07, 6.45) is 0. The number of rotatable bonds is 5. The Morgan fingerprint density at radius 3 is 2.39 bits per heavy atom. The molecule has 0 aromatic heterocycles. The highest BCUT2D eigenvalue weighted by Crippen LogP contribution is 2.22. The van der Waals surface area contributed by atoms with E-state index in [1.54, 1.807) is 18.2 Å². The second-order valence-electron chi connectivity index (χ2n) is 5.45. The number of halogens is 2. The fourth-order valence-corrected chi connectivity index (χ4v) is 1.43. The first-order valence-corrected chi connectivity index (χ1v) is 6.07. The first-order chi connectivity index (χ1) is 8.30. The van der Waals surface area contributed by atoms with Crippen LogP contribution in [-0.4, -0.2) is 12.7 Å². The van der Waals surface area contributed by atoms with Crippen molar-refractivity contribution in [2.75, 3.05) is 0 Å². The largest absolute Gasteiger partial charge is 0.434 e. The first-order valence-electron chi connectivity index (χ1n) is 6.07. The minimum atomic E-state index is -2.79. The number of hydrogen-bond donors (Lipinski definition) is 1. The van der Waals surface area contributed by atoms with Gasteiger partial charge in [-0.05, 0) is 18.4 Å². The van der Waals surface area contributed by atoms with E-state index in [2.05, 4.69) is 37.7 Å². The fourth-order valence-electron chi connectivity index (χ4n) is 1.43. The Labute approximate surface area is 107 Å². The molecule has 0 amide bonds. The molecule has 18 heavy (non-hydrogen) atoms. The van der Waals surface area contributed by atoms with Crippen LogP contribution >= 0.6 is 0 Å². The highest BCUT2D eigenvalue weighted by molar-refractivity contribution is 5.33. The van der Waals surface area contributed by atoms with Crippen molar-refractivity contribution < 1.29 is 13.5 Å². The van der Waals surface area contributed by atoms with Crippen molar-refractivity contribution in [1.29, 1.82) is 0 Å². The second kappa shape index (κ2) is 6.14. The van der Waals surface area contributed by atoms with Crippen molar-refractivity contribution in [2.24, 2.45) is 5.41 Å². The van der Waals surface area contributed by atoms with Crippen molar-refractivity contribution in [3.05, 3.63) is 29.8 Å². The van der Waals surface area contributed by atoms with Crippen LogP contribution in [-0.2, 0) is 6.54 Å². The third-order valence-electron chi connectivity index (χ3n) is 3.09. The molecule has 0 bridgehead atoms. The summed E-state index contributed by atoms with van der Waals surface area (Å²) in [6, 6.07) is 7.13. The molecule has 0 heterocycles. The zero-order chi connectivity index (χ0) is 13.8. The van der Waals surface area contributed by atoms with E-state index in [4.69, 9.17) is 0 Å². The van der Waals surface area contributed by atoms with Crippen LogP contribution in [0.4, 0.5) is 8.78 Å². The fraction of sp³-hybridized carbons (Fsp3) is 0.571. The van der Waals surface area contributed by atoms with E-state index in [9.17, 15) is 8.78 Å². The third kappa shape index (κ3) is 4.61. The maximum Gasteiger partial charge on any atom is 0.387 e. The Morgan fingerprint density at radius 1 is 1.22 bits per heavy atom. The summed E-state index contributed by atoms with van der Waals surface area (Å²) in [6.45, 7) is 6.20. The van der Waals surface area contributed by atoms with Gasteiger partial charge in [-0.1, -0.05) is 39.0 Å². The van der Waals surface area contributed by atoms with Gasteiger partial charge in [0.1, 0.15) is 5.75 Å². The maximum atomic E-state index is 12.2. The van der Waals surface area contributed by atoms with Gasteiger partial charge in [0.25, 0.3) is 0 Å². The predicted octanol–water partition coefficient (Wildman–Crippen LogP) is 3.81. The van der Waals surface area contributed by atoms with E-state index in [1.165, 1.54) is 0 Å². The maximum absolute atomic E-state index is 12.2. The molecule has 0 aliphatic carbocycles. The van der Waals surface area contributed by atoms with E-state index >= 15 is 0 Å². The minimum Gasteiger partial charge on any atom is -0.434 e. The molecule has 4 heteroatoms. The summed E-state index contributed by atoms with van der Waals surface area (Å²) in [5.74, 6) is 0.237. The number of ether oxygens (including phenoxy) is 1. The highest BCUT2D eigenvalue weighted by Gasteiger charge is 2.19. The number of para-hydroxylation sites is 1. The van der Waals surface area contributed by atoms with Gasteiger partial charge in [0.2, 0.25) is 0 Å². The summed E-state index contributed by atoms with van der Waals surface area (Å²) < 4.78 is 29.0. The molecular formula is C14H21F2NO. The summed E-state index contributed by atoms with van der Waals surface area (Å²) in [7, 11) is 0. The molecule has 0 saturated carbocycles. The summed E-state index contributed by atoms with van der Waals surface area (Å²) >= 11 is 0. The van der Waals surface area contributed by atoms with Gasteiger partial charge in [0.05, 0.1) is 0 Å². The van der Waals surface area contributed by atoms with E-state index < -0.39 is 6.61 Å². The molecule has 2 nitrogen and oxygen atoms in total. The molecule has 1 aromatic rings. The molecule has 1 aromatic carbocycles. The van der Waals surface area contributed by atoms with Gasteiger partial charge in [-0.3, -0.25) is 0 Å². The zero-order valence-electron chi connectivity index (χ0n) is 11.3. The van der Waals surface area contributed by atoms with E-state index in [-0.39, 0.29) is 17.2 Å².